The Morgan fingerprint density at radius 1 is 1.24 bits per heavy atom. The molecule has 3 heterocycles. The first kappa shape index (κ1) is 18.2. The average molecular weight is 359 g/mol. The second kappa shape index (κ2) is 7.35. The highest BCUT2D eigenvalue weighted by Crippen LogP contribution is 2.31. The quantitative estimate of drug-likeness (QED) is 0.833. The van der Waals surface area contributed by atoms with Crippen LogP contribution in [0.2, 0.25) is 0 Å². The van der Waals surface area contributed by atoms with Crippen LogP contribution in [-0.2, 0) is 15.7 Å². The van der Waals surface area contributed by atoms with Crippen LogP contribution < -0.4 is 0 Å². The summed E-state index contributed by atoms with van der Waals surface area (Å²) in [7, 11) is 0. The molecule has 0 N–H and O–H groups in total. The van der Waals surface area contributed by atoms with Crippen LogP contribution in [0.1, 0.15) is 44.3 Å². The summed E-state index contributed by atoms with van der Waals surface area (Å²) >= 11 is 0. The lowest BCUT2D eigenvalue weighted by molar-refractivity contribution is -0.141. The van der Waals surface area contributed by atoms with Crippen molar-refractivity contribution in [2.45, 2.75) is 44.8 Å². The van der Waals surface area contributed by atoms with E-state index in [9.17, 15) is 18.0 Å². The molecule has 1 unspecified atom stereocenters. The predicted molar refractivity (Wildman–Crippen MR) is 84.8 cm³/mol. The highest BCUT2D eigenvalue weighted by Gasteiger charge is 2.35. The molecule has 1 atom stereocenters. The molecule has 140 valence electrons. The summed E-state index contributed by atoms with van der Waals surface area (Å²) in [5.74, 6) is 0.489. The van der Waals surface area contributed by atoms with Gasteiger partial charge in [-0.3, -0.25) is 9.48 Å². The fourth-order valence-corrected chi connectivity index (χ4v) is 3.75. The summed E-state index contributed by atoms with van der Waals surface area (Å²) < 4.78 is 44.7. The molecule has 8 heteroatoms. The molecule has 1 aromatic heterocycles. The van der Waals surface area contributed by atoms with Crippen LogP contribution in [0.5, 0.6) is 0 Å². The van der Waals surface area contributed by atoms with Gasteiger partial charge in [0.15, 0.2) is 5.69 Å². The SMILES string of the molecule is CC(C(=O)N1CCC(n2ccc(C(F)(F)F)n2)CC1)C1CCOCC1. The minimum absolute atomic E-state index is 0.0259. The monoisotopic (exact) mass is 359 g/mol. The minimum Gasteiger partial charge on any atom is -0.381 e. The molecule has 0 saturated carbocycles. The number of likely N-dealkylation sites (tertiary alicyclic amines) is 1. The fraction of sp³-hybridized carbons (Fsp3) is 0.765. The molecule has 0 bridgehead atoms. The van der Waals surface area contributed by atoms with Crippen LogP contribution in [0.3, 0.4) is 0 Å². The van der Waals surface area contributed by atoms with E-state index in [2.05, 4.69) is 5.10 Å². The highest BCUT2D eigenvalue weighted by atomic mass is 19.4. The molecule has 2 fully saturated rings. The smallest absolute Gasteiger partial charge is 0.381 e. The van der Waals surface area contributed by atoms with Gasteiger partial charge in [-0.05, 0) is 37.7 Å². The molecule has 3 rings (SSSR count). The Kier molecular flexibility index (Phi) is 5.36. The van der Waals surface area contributed by atoms with Gasteiger partial charge in [0.05, 0.1) is 6.04 Å². The lowest BCUT2D eigenvalue weighted by atomic mass is 9.86. The number of hydrogen-bond acceptors (Lipinski definition) is 3. The lowest BCUT2D eigenvalue weighted by Crippen LogP contribution is -2.44. The van der Waals surface area contributed by atoms with Gasteiger partial charge in [0.1, 0.15) is 0 Å². The van der Waals surface area contributed by atoms with Gasteiger partial charge in [-0.25, -0.2) is 0 Å². The zero-order valence-corrected chi connectivity index (χ0v) is 14.3. The normalized spacial score (nSPS) is 22.2. The Bertz CT molecular complexity index is 588. The second-order valence-corrected chi connectivity index (χ2v) is 6.97. The number of alkyl halides is 3. The first-order valence-electron chi connectivity index (χ1n) is 8.85. The first-order valence-corrected chi connectivity index (χ1v) is 8.85. The third-order valence-electron chi connectivity index (χ3n) is 5.41. The maximum absolute atomic E-state index is 12.7. The van der Waals surface area contributed by atoms with Crippen molar-refractivity contribution in [3.05, 3.63) is 18.0 Å². The van der Waals surface area contributed by atoms with Gasteiger partial charge in [-0.1, -0.05) is 6.92 Å². The van der Waals surface area contributed by atoms with Crippen LogP contribution in [0.15, 0.2) is 12.3 Å². The van der Waals surface area contributed by atoms with E-state index < -0.39 is 11.9 Å². The number of hydrogen-bond donors (Lipinski definition) is 0. The number of nitrogens with zero attached hydrogens (tertiary/aromatic N) is 3. The number of carbonyl (C=O) groups is 1. The van der Waals surface area contributed by atoms with Gasteiger partial charge in [-0.15, -0.1) is 0 Å². The molecule has 2 aliphatic rings. The van der Waals surface area contributed by atoms with Crippen molar-refractivity contribution in [1.29, 1.82) is 0 Å². The van der Waals surface area contributed by atoms with Crippen LogP contribution >= 0.6 is 0 Å². The van der Waals surface area contributed by atoms with Crippen LogP contribution in [-0.4, -0.2) is 46.9 Å². The molecule has 2 aliphatic heterocycles. The summed E-state index contributed by atoms with van der Waals surface area (Å²) in [6.07, 6.45) is 0.0564. The number of ether oxygens (including phenoxy) is 1. The van der Waals surface area contributed by atoms with Crippen molar-refractivity contribution in [2.24, 2.45) is 11.8 Å². The third kappa shape index (κ3) is 4.16. The highest BCUT2D eigenvalue weighted by molar-refractivity contribution is 5.78. The summed E-state index contributed by atoms with van der Waals surface area (Å²) in [5, 5.41) is 3.66. The van der Waals surface area contributed by atoms with Crippen LogP contribution in [0.25, 0.3) is 0 Å². The molecule has 0 spiro atoms. The van der Waals surface area contributed by atoms with E-state index in [1.807, 2.05) is 11.8 Å². The van der Waals surface area contributed by atoms with E-state index in [1.54, 1.807) is 0 Å². The standard InChI is InChI=1S/C17H24F3N3O2/c1-12(13-5-10-25-11-6-13)16(24)22-7-2-14(3-8-22)23-9-4-15(21-23)17(18,19)20/h4,9,12-14H,2-3,5-8,10-11H2,1H3. The molecular weight excluding hydrogens is 335 g/mol. The van der Waals surface area contributed by atoms with Crippen molar-refractivity contribution in [3.8, 4) is 0 Å². The van der Waals surface area contributed by atoms with E-state index in [1.165, 1.54) is 10.9 Å². The van der Waals surface area contributed by atoms with Crippen LogP contribution in [0, 0.1) is 11.8 Å². The van der Waals surface area contributed by atoms with Crippen LogP contribution in [0.4, 0.5) is 13.2 Å². The number of halogens is 3. The third-order valence-corrected chi connectivity index (χ3v) is 5.41. The van der Waals surface area contributed by atoms with Crippen molar-refractivity contribution < 1.29 is 22.7 Å². The zero-order valence-electron chi connectivity index (χ0n) is 14.3. The Morgan fingerprint density at radius 2 is 1.88 bits per heavy atom. The van der Waals surface area contributed by atoms with Crippen molar-refractivity contribution in [3.63, 3.8) is 0 Å². The van der Waals surface area contributed by atoms with E-state index in [4.69, 9.17) is 4.74 Å². The minimum atomic E-state index is -4.42. The number of amides is 1. The van der Waals surface area contributed by atoms with Crippen molar-refractivity contribution in [1.82, 2.24) is 14.7 Å². The van der Waals surface area contributed by atoms with E-state index in [0.717, 1.165) is 18.9 Å². The lowest BCUT2D eigenvalue weighted by Gasteiger charge is -2.36. The first-order chi connectivity index (χ1) is 11.9. The molecule has 0 aromatic carbocycles. The van der Waals surface area contributed by atoms with Gasteiger partial charge in [0.25, 0.3) is 0 Å². The molecule has 1 amide bonds. The Hall–Kier alpha value is -1.57. The summed E-state index contributed by atoms with van der Waals surface area (Å²) in [6, 6.07) is 0.920. The molecule has 2 saturated heterocycles. The van der Waals surface area contributed by atoms with E-state index >= 15 is 0 Å². The fourth-order valence-electron chi connectivity index (χ4n) is 3.75. The van der Waals surface area contributed by atoms with Gasteiger partial charge in [0.2, 0.25) is 5.91 Å². The van der Waals surface area contributed by atoms with Gasteiger partial charge in [-0.2, -0.15) is 18.3 Å². The molecule has 5 nitrogen and oxygen atoms in total. The Labute approximate surface area is 145 Å². The van der Waals surface area contributed by atoms with Gasteiger partial charge in [0, 0.05) is 38.4 Å². The predicted octanol–water partition coefficient (Wildman–Crippen LogP) is 3.13. The number of piperidine rings is 1. The van der Waals surface area contributed by atoms with E-state index in [0.29, 0.717) is 45.1 Å². The van der Waals surface area contributed by atoms with E-state index in [-0.39, 0.29) is 17.9 Å². The molecule has 0 radical (unpaired) electrons. The summed E-state index contributed by atoms with van der Waals surface area (Å²) in [4.78, 5) is 14.5. The largest absolute Gasteiger partial charge is 0.435 e. The summed E-state index contributed by atoms with van der Waals surface area (Å²) in [6.45, 7) is 4.54. The molecule has 25 heavy (non-hydrogen) atoms. The molecular formula is C17H24F3N3O2. The topological polar surface area (TPSA) is 47.4 Å². The number of carbonyl (C=O) groups excluding carboxylic acids is 1. The van der Waals surface area contributed by atoms with Gasteiger partial charge < -0.3 is 9.64 Å². The maximum Gasteiger partial charge on any atom is 0.435 e. The second-order valence-electron chi connectivity index (χ2n) is 6.97. The summed E-state index contributed by atoms with van der Waals surface area (Å²) in [5.41, 5.74) is -0.862. The Morgan fingerprint density at radius 3 is 2.44 bits per heavy atom. The van der Waals surface area contributed by atoms with Crippen molar-refractivity contribution >= 4 is 5.91 Å². The zero-order chi connectivity index (χ0) is 18.0. The Balaban J connectivity index is 1.54. The molecule has 0 aliphatic carbocycles. The number of aromatic nitrogens is 2. The number of rotatable bonds is 3. The maximum atomic E-state index is 12.7. The average Bonchev–Trinajstić information content (AvgIpc) is 3.12. The van der Waals surface area contributed by atoms with Crippen molar-refractivity contribution in [2.75, 3.05) is 26.3 Å². The molecule has 1 aromatic rings. The van der Waals surface area contributed by atoms with Gasteiger partial charge >= 0.3 is 6.18 Å².